The molecule has 1 atom stereocenters. The van der Waals surface area contributed by atoms with Crippen LogP contribution in [-0.2, 0) is 17.8 Å². The quantitative estimate of drug-likeness (QED) is 0.693. The van der Waals surface area contributed by atoms with Crippen molar-refractivity contribution in [2.75, 3.05) is 6.54 Å². The largest absolute Gasteiger partial charge is 0.478 e. The molecule has 3 aromatic rings. The van der Waals surface area contributed by atoms with E-state index in [9.17, 15) is 14.0 Å². The van der Waals surface area contributed by atoms with Crippen LogP contribution >= 0.6 is 0 Å². The molecule has 1 aromatic carbocycles. The van der Waals surface area contributed by atoms with E-state index in [4.69, 9.17) is 4.74 Å². The zero-order valence-electron chi connectivity index (χ0n) is 16.3. The molecule has 1 aliphatic rings. The first-order chi connectivity index (χ1) is 14.6. The number of benzene rings is 1. The van der Waals surface area contributed by atoms with E-state index in [0.717, 1.165) is 0 Å². The molecule has 9 heteroatoms. The van der Waals surface area contributed by atoms with Crippen LogP contribution in [0, 0.1) is 5.82 Å². The number of halogens is 1. The Morgan fingerprint density at radius 3 is 2.90 bits per heavy atom. The van der Waals surface area contributed by atoms with E-state index in [0.29, 0.717) is 42.2 Å². The highest BCUT2D eigenvalue weighted by Crippen LogP contribution is 2.22. The molecule has 0 saturated carbocycles. The summed E-state index contributed by atoms with van der Waals surface area (Å²) in [4.78, 5) is 42.5. The van der Waals surface area contributed by atoms with Gasteiger partial charge in [-0.3, -0.25) is 14.6 Å². The minimum atomic E-state index is -0.829. The molecule has 1 aliphatic heterocycles. The normalized spacial score (nSPS) is 14.1. The smallest absolute Gasteiger partial charge is 0.263 e. The number of hydrogen-bond donors (Lipinski definition) is 1. The number of nitrogens with one attached hydrogen (secondary N) is 1. The summed E-state index contributed by atoms with van der Waals surface area (Å²) in [5, 5.41) is 0. The van der Waals surface area contributed by atoms with Crippen molar-refractivity contribution < 1.29 is 13.9 Å². The van der Waals surface area contributed by atoms with E-state index in [-0.39, 0.29) is 23.8 Å². The second-order valence-corrected chi connectivity index (χ2v) is 6.89. The summed E-state index contributed by atoms with van der Waals surface area (Å²) in [7, 11) is 0. The van der Waals surface area contributed by atoms with E-state index in [1.807, 2.05) is 0 Å². The number of fused-ring (bicyclic) bond motifs is 1. The molecule has 0 saturated heterocycles. The van der Waals surface area contributed by atoms with Gasteiger partial charge < -0.3 is 14.6 Å². The average molecular weight is 409 g/mol. The van der Waals surface area contributed by atoms with Crippen molar-refractivity contribution in [1.82, 2.24) is 24.8 Å². The number of H-pyrrole nitrogens is 1. The van der Waals surface area contributed by atoms with E-state index in [2.05, 4.69) is 19.9 Å². The summed E-state index contributed by atoms with van der Waals surface area (Å²) in [6, 6.07) is 5.99. The van der Waals surface area contributed by atoms with Crippen molar-refractivity contribution in [1.29, 1.82) is 0 Å². The molecule has 0 aliphatic carbocycles. The van der Waals surface area contributed by atoms with Gasteiger partial charge >= 0.3 is 0 Å². The highest BCUT2D eigenvalue weighted by molar-refractivity contribution is 5.81. The van der Waals surface area contributed by atoms with Gasteiger partial charge in [-0.15, -0.1) is 0 Å². The first-order valence-electron chi connectivity index (χ1n) is 9.65. The van der Waals surface area contributed by atoms with Crippen LogP contribution in [-0.4, -0.2) is 43.4 Å². The van der Waals surface area contributed by atoms with E-state index in [1.165, 1.54) is 30.7 Å². The molecule has 154 valence electrons. The van der Waals surface area contributed by atoms with Crippen LogP contribution in [0.4, 0.5) is 4.39 Å². The third-order valence-electron chi connectivity index (χ3n) is 4.94. The summed E-state index contributed by atoms with van der Waals surface area (Å²) in [6.45, 7) is 2.33. The molecule has 0 radical (unpaired) electrons. The molecule has 4 rings (SSSR count). The van der Waals surface area contributed by atoms with Gasteiger partial charge in [0, 0.05) is 24.5 Å². The van der Waals surface area contributed by atoms with Crippen LogP contribution in [0.5, 0.6) is 5.75 Å². The van der Waals surface area contributed by atoms with Gasteiger partial charge in [0.15, 0.2) is 23.5 Å². The van der Waals surface area contributed by atoms with Gasteiger partial charge in [0.1, 0.15) is 5.69 Å². The SMILES string of the molecule is CCC(Oc1ccccc1F)C(=O)N1CCc2c(nc(-c3cnccn3)[nH]c2=O)C1. The van der Waals surface area contributed by atoms with Gasteiger partial charge in [-0.05, 0) is 25.0 Å². The van der Waals surface area contributed by atoms with E-state index in [1.54, 1.807) is 24.0 Å². The van der Waals surface area contributed by atoms with Gasteiger partial charge in [0.25, 0.3) is 11.5 Å². The van der Waals surface area contributed by atoms with Crippen LogP contribution in [0.3, 0.4) is 0 Å². The van der Waals surface area contributed by atoms with Crippen molar-refractivity contribution in [3.63, 3.8) is 0 Å². The third-order valence-corrected chi connectivity index (χ3v) is 4.94. The molecule has 0 spiro atoms. The van der Waals surface area contributed by atoms with Gasteiger partial charge in [-0.1, -0.05) is 19.1 Å². The predicted molar refractivity (Wildman–Crippen MR) is 106 cm³/mol. The van der Waals surface area contributed by atoms with E-state index < -0.39 is 11.9 Å². The molecular weight excluding hydrogens is 389 g/mol. The van der Waals surface area contributed by atoms with Crippen LogP contribution in [0.2, 0.25) is 0 Å². The molecular formula is C21H20FN5O3. The molecule has 8 nitrogen and oxygen atoms in total. The molecule has 1 amide bonds. The highest BCUT2D eigenvalue weighted by Gasteiger charge is 2.30. The molecule has 30 heavy (non-hydrogen) atoms. The average Bonchev–Trinajstić information content (AvgIpc) is 2.78. The van der Waals surface area contributed by atoms with Crippen LogP contribution in [0.1, 0.15) is 24.6 Å². The Bertz CT molecular complexity index is 1120. The maximum atomic E-state index is 13.9. The predicted octanol–water partition coefficient (Wildman–Crippen LogP) is 2.11. The second-order valence-electron chi connectivity index (χ2n) is 6.89. The van der Waals surface area contributed by atoms with Crippen molar-refractivity contribution in [3.8, 4) is 17.3 Å². The summed E-state index contributed by atoms with van der Waals surface area (Å²) in [5.74, 6) is -0.450. The third kappa shape index (κ3) is 3.91. The maximum absolute atomic E-state index is 13.9. The first-order valence-corrected chi connectivity index (χ1v) is 9.65. The van der Waals surface area contributed by atoms with Crippen LogP contribution in [0.15, 0.2) is 47.7 Å². The number of rotatable bonds is 5. The molecule has 1 N–H and O–H groups in total. The monoisotopic (exact) mass is 409 g/mol. The summed E-state index contributed by atoms with van der Waals surface area (Å²) in [6.07, 6.45) is 4.47. The minimum absolute atomic E-state index is 0.0367. The van der Waals surface area contributed by atoms with Crippen molar-refractivity contribution in [3.05, 3.63) is 70.3 Å². The summed E-state index contributed by atoms with van der Waals surface area (Å²) in [5.41, 5.74) is 1.26. The Labute approximate surface area is 171 Å². The molecule has 0 bridgehead atoms. The van der Waals surface area contributed by atoms with Gasteiger partial charge in [-0.25, -0.2) is 14.4 Å². The van der Waals surface area contributed by atoms with Crippen LogP contribution < -0.4 is 10.3 Å². The summed E-state index contributed by atoms with van der Waals surface area (Å²) < 4.78 is 19.6. The Morgan fingerprint density at radius 1 is 1.33 bits per heavy atom. The Hall–Kier alpha value is -3.62. The fourth-order valence-corrected chi connectivity index (χ4v) is 3.38. The molecule has 0 fully saturated rings. The van der Waals surface area contributed by atoms with Gasteiger partial charge in [0.2, 0.25) is 0 Å². The lowest BCUT2D eigenvalue weighted by Gasteiger charge is -2.30. The Morgan fingerprint density at radius 2 is 2.17 bits per heavy atom. The number of ether oxygens (including phenoxy) is 1. The highest BCUT2D eigenvalue weighted by atomic mass is 19.1. The number of nitrogens with zero attached hydrogens (tertiary/aromatic N) is 4. The van der Waals surface area contributed by atoms with Crippen molar-refractivity contribution in [2.45, 2.75) is 32.4 Å². The molecule has 1 unspecified atom stereocenters. The number of carbonyl (C=O) groups excluding carboxylic acids is 1. The molecule has 3 heterocycles. The van der Waals surface area contributed by atoms with Gasteiger partial charge in [0.05, 0.1) is 18.4 Å². The number of para-hydroxylation sites is 1. The minimum Gasteiger partial charge on any atom is -0.478 e. The summed E-state index contributed by atoms with van der Waals surface area (Å²) >= 11 is 0. The number of aromatic nitrogens is 4. The van der Waals surface area contributed by atoms with Crippen LogP contribution in [0.25, 0.3) is 11.5 Å². The lowest BCUT2D eigenvalue weighted by atomic mass is 10.1. The zero-order valence-corrected chi connectivity index (χ0v) is 16.3. The lowest BCUT2D eigenvalue weighted by Crippen LogP contribution is -2.45. The molecule has 2 aromatic heterocycles. The standard InChI is InChI=1S/C21H20FN5O3/c1-2-17(30-18-6-4-3-5-14(18)22)21(29)27-10-7-13-16(12-27)25-19(26-20(13)28)15-11-23-8-9-24-15/h3-6,8-9,11,17H,2,7,10,12H2,1H3,(H,25,26,28). The number of aromatic amines is 1. The number of amides is 1. The number of hydrogen-bond acceptors (Lipinski definition) is 6. The Balaban J connectivity index is 1.57. The lowest BCUT2D eigenvalue weighted by molar-refractivity contribution is -0.140. The van der Waals surface area contributed by atoms with Crippen molar-refractivity contribution in [2.24, 2.45) is 0 Å². The van der Waals surface area contributed by atoms with Crippen molar-refractivity contribution >= 4 is 5.91 Å². The fourth-order valence-electron chi connectivity index (χ4n) is 3.38. The van der Waals surface area contributed by atoms with E-state index >= 15 is 0 Å². The second kappa shape index (κ2) is 8.40. The first kappa shape index (κ1) is 19.7. The zero-order chi connectivity index (χ0) is 21.1. The maximum Gasteiger partial charge on any atom is 0.263 e. The van der Waals surface area contributed by atoms with Gasteiger partial charge in [-0.2, -0.15) is 0 Å². The topological polar surface area (TPSA) is 101 Å². The number of carbonyl (C=O) groups is 1. The fraction of sp³-hybridized carbons (Fsp3) is 0.286. The Kier molecular flexibility index (Phi) is 5.51.